The minimum atomic E-state index is -0.0198. The van der Waals surface area contributed by atoms with Gasteiger partial charge in [0.2, 0.25) is 0 Å². The number of para-hydroxylation sites is 1. The van der Waals surface area contributed by atoms with Crippen molar-refractivity contribution in [2.45, 2.75) is 20.8 Å². The summed E-state index contributed by atoms with van der Waals surface area (Å²) >= 11 is 1.57. The molecule has 0 atom stereocenters. The van der Waals surface area contributed by atoms with Gasteiger partial charge in [0.1, 0.15) is 5.75 Å². The van der Waals surface area contributed by atoms with Crippen LogP contribution in [0.15, 0.2) is 48.5 Å². The number of aromatic nitrogens is 1. The van der Waals surface area contributed by atoms with Crippen molar-refractivity contribution in [2.75, 3.05) is 37.7 Å². The van der Waals surface area contributed by atoms with Crippen molar-refractivity contribution in [1.82, 2.24) is 4.98 Å². The van der Waals surface area contributed by atoms with Gasteiger partial charge in [-0.15, -0.1) is 0 Å². The summed E-state index contributed by atoms with van der Waals surface area (Å²) in [5.74, 6) is 0.756. The molecular formula is C22H28N3O2S+. The number of nitrogens with zero attached hydrogens (tertiary/aromatic N) is 2. The zero-order valence-electron chi connectivity index (χ0n) is 16.8. The smallest absolute Gasteiger partial charge is 0.260 e. The van der Waals surface area contributed by atoms with E-state index in [0.717, 1.165) is 40.7 Å². The second kappa shape index (κ2) is 9.66. The average molecular weight is 399 g/mol. The lowest BCUT2D eigenvalue weighted by molar-refractivity contribution is -0.894. The molecule has 6 heteroatoms. The zero-order valence-corrected chi connectivity index (χ0v) is 17.6. The summed E-state index contributed by atoms with van der Waals surface area (Å²) in [6.07, 6.45) is 0. The summed E-state index contributed by atoms with van der Waals surface area (Å²) in [5.41, 5.74) is 1.58. The van der Waals surface area contributed by atoms with Crippen LogP contribution >= 0.6 is 11.3 Å². The van der Waals surface area contributed by atoms with Gasteiger partial charge < -0.3 is 9.64 Å². The topological polar surface area (TPSA) is 46.9 Å². The van der Waals surface area contributed by atoms with E-state index in [0.29, 0.717) is 18.7 Å². The largest absolute Gasteiger partial charge is 0.494 e. The van der Waals surface area contributed by atoms with E-state index < -0.39 is 0 Å². The van der Waals surface area contributed by atoms with E-state index in [2.05, 4.69) is 13.8 Å². The Morgan fingerprint density at radius 2 is 1.79 bits per heavy atom. The van der Waals surface area contributed by atoms with Gasteiger partial charge in [-0.2, -0.15) is 0 Å². The molecule has 3 aromatic rings. The Balaban J connectivity index is 1.89. The first-order valence-electron chi connectivity index (χ1n) is 9.90. The maximum atomic E-state index is 13.3. The van der Waals surface area contributed by atoms with Crippen molar-refractivity contribution >= 4 is 32.6 Å². The van der Waals surface area contributed by atoms with Crippen molar-refractivity contribution in [2.24, 2.45) is 0 Å². The third-order valence-corrected chi connectivity index (χ3v) is 5.92. The van der Waals surface area contributed by atoms with Gasteiger partial charge in [0, 0.05) is 5.56 Å². The van der Waals surface area contributed by atoms with Gasteiger partial charge in [0.15, 0.2) is 5.13 Å². The monoisotopic (exact) mass is 398 g/mol. The lowest BCUT2D eigenvalue weighted by Gasteiger charge is -2.23. The van der Waals surface area contributed by atoms with Crippen LogP contribution in [0.1, 0.15) is 31.1 Å². The predicted molar refractivity (Wildman–Crippen MR) is 116 cm³/mol. The molecule has 0 saturated carbocycles. The third kappa shape index (κ3) is 4.69. The van der Waals surface area contributed by atoms with Crippen LogP contribution in [0, 0.1) is 0 Å². The molecule has 1 N–H and O–H groups in total. The Labute approximate surface area is 170 Å². The number of carbonyl (C=O) groups excluding carboxylic acids is 1. The van der Waals surface area contributed by atoms with Gasteiger partial charge in [0.05, 0.1) is 43.0 Å². The number of nitrogens with one attached hydrogen (secondary N) is 1. The number of thiazole rings is 1. The lowest BCUT2D eigenvalue weighted by atomic mass is 10.2. The fourth-order valence-electron chi connectivity index (χ4n) is 3.15. The van der Waals surface area contributed by atoms with Crippen LogP contribution in [0.5, 0.6) is 5.75 Å². The van der Waals surface area contributed by atoms with Crippen LogP contribution in [0.2, 0.25) is 0 Å². The van der Waals surface area contributed by atoms with Crippen LogP contribution in [0.25, 0.3) is 10.2 Å². The summed E-state index contributed by atoms with van der Waals surface area (Å²) < 4.78 is 6.59. The van der Waals surface area contributed by atoms with Gasteiger partial charge in [-0.05, 0) is 57.2 Å². The Morgan fingerprint density at radius 1 is 1.07 bits per heavy atom. The summed E-state index contributed by atoms with van der Waals surface area (Å²) in [7, 11) is 0. The standard InChI is InChI=1S/C22H27N3O2S/c1-4-24(5-2)15-16-25(22-23-19-9-7-8-10-20(19)28-22)21(26)17-11-13-18(14-12-17)27-6-3/h7-14H,4-6,15-16H2,1-3H3/p+1. The molecule has 1 heterocycles. The molecule has 1 aromatic heterocycles. The second-order valence-electron chi connectivity index (χ2n) is 6.59. The van der Waals surface area contributed by atoms with E-state index in [4.69, 9.17) is 9.72 Å². The second-order valence-corrected chi connectivity index (χ2v) is 7.59. The fraction of sp³-hybridized carbons (Fsp3) is 0.364. The van der Waals surface area contributed by atoms with Gasteiger partial charge >= 0.3 is 0 Å². The minimum Gasteiger partial charge on any atom is -0.494 e. The van der Waals surface area contributed by atoms with Gasteiger partial charge in [0.25, 0.3) is 5.91 Å². The lowest BCUT2D eigenvalue weighted by Crippen LogP contribution is -3.12. The number of amides is 1. The van der Waals surface area contributed by atoms with E-state index in [9.17, 15) is 4.79 Å². The Kier molecular flexibility index (Phi) is 7.01. The number of hydrogen-bond acceptors (Lipinski definition) is 4. The van der Waals surface area contributed by atoms with Crippen molar-refractivity contribution in [1.29, 1.82) is 0 Å². The minimum absolute atomic E-state index is 0.0198. The van der Waals surface area contributed by atoms with Crippen LogP contribution < -0.4 is 14.5 Å². The van der Waals surface area contributed by atoms with Crippen LogP contribution in [-0.2, 0) is 0 Å². The SMILES string of the molecule is CCOc1ccc(C(=O)N(CC[NH+](CC)CC)c2nc3ccccc3s2)cc1. The van der Waals surface area contributed by atoms with Gasteiger partial charge in [-0.25, -0.2) is 4.98 Å². The number of hydrogen-bond donors (Lipinski definition) is 1. The number of fused-ring (bicyclic) bond motifs is 1. The first kappa shape index (κ1) is 20.3. The summed E-state index contributed by atoms with van der Waals surface area (Å²) in [6.45, 7) is 10.5. The fourth-order valence-corrected chi connectivity index (χ4v) is 4.14. The number of benzene rings is 2. The van der Waals surface area contributed by atoms with Crippen molar-refractivity contribution in [3.63, 3.8) is 0 Å². The number of ether oxygens (including phenoxy) is 1. The molecule has 0 fully saturated rings. The molecule has 0 bridgehead atoms. The van der Waals surface area contributed by atoms with Crippen LogP contribution in [-0.4, -0.2) is 43.7 Å². The van der Waals surface area contributed by atoms with E-state index in [1.165, 1.54) is 4.90 Å². The van der Waals surface area contributed by atoms with Crippen LogP contribution in [0.3, 0.4) is 0 Å². The van der Waals surface area contributed by atoms with Gasteiger partial charge in [-0.3, -0.25) is 9.69 Å². The molecule has 1 amide bonds. The molecule has 0 radical (unpaired) electrons. The first-order chi connectivity index (χ1) is 13.7. The molecule has 3 rings (SSSR count). The Hall–Kier alpha value is -2.44. The zero-order chi connectivity index (χ0) is 19.9. The molecule has 0 aliphatic carbocycles. The van der Waals surface area contributed by atoms with Crippen molar-refractivity contribution in [3.05, 3.63) is 54.1 Å². The highest BCUT2D eigenvalue weighted by Gasteiger charge is 2.22. The average Bonchev–Trinajstić information content (AvgIpc) is 3.15. The maximum Gasteiger partial charge on any atom is 0.260 e. The molecule has 0 saturated heterocycles. The van der Waals surface area contributed by atoms with E-state index in [-0.39, 0.29) is 5.91 Å². The molecule has 0 unspecified atom stereocenters. The molecule has 0 aliphatic heterocycles. The Morgan fingerprint density at radius 3 is 2.43 bits per heavy atom. The van der Waals surface area contributed by atoms with E-state index >= 15 is 0 Å². The highest BCUT2D eigenvalue weighted by atomic mass is 32.1. The normalized spacial score (nSPS) is 11.1. The molecule has 2 aromatic carbocycles. The predicted octanol–water partition coefficient (Wildman–Crippen LogP) is 3.27. The number of carbonyl (C=O) groups is 1. The number of likely N-dealkylation sites (N-methyl/N-ethyl adjacent to an activating group) is 1. The highest BCUT2D eigenvalue weighted by molar-refractivity contribution is 7.22. The van der Waals surface area contributed by atoms with Crippen molar-refractivity contribution in [3.8, 4) is 5.75 Å². The third-order valence-electron chi connectivity index (χ3n) is 4.86. The molecule has 0 spiro atoms. The van der Waals surface area contributed by atoms with Gasteiger partial charge in [-0.1, -0.05) is 23.5 Å². The molecule has 28 heavy (non-hydrogen) atoms. The quantitative estimate of drug-likeness (QED) is 0.602. The molecule has 5 nitrogen and oxygen atoms in total. The highest BCUT2D eigenvalue weighted by Crippen LogP contribution is 2.29. The van der Waals surface area contributed by atoms with Crippen molar-refractivity contribution < 1.29 is 14.4 Å². The maximum absolute atomic E-state index is 13.3. The summed E-state index contributed by atoms with van der Waals surface area (Å²) in [5, 5.41) is 0.756. The summed E-state index contributed by atoms with van der Waals surface area (Å²) in [4.78, 5) is 21.3. The summed E-state index contributed by atoms with van der Waals surface area (Å²) in [6, 6.07) is 15.4. The van der Waals surface area contributed by atoms with E-state index in [1.54, 1.807) is 11.3 Å². The van der Waals surface area contributed by atoms with Crippen LogP contribution in [0.4, 0.5) is 5.13 Å². The molecule has 148 valence electrons. The van der Waals surface area contributed by atoms with E-state index in [1.807, 2.05) is 60.4 Å². The molecule has 0 aliphatic rings. The number of rotatable bonds is 9. The number of anilines is 1. The first-order valence-corrected chi connectivity index (χ1v) is 10.7. The molecular weight excluding hydrogens is 370 g/mol. The number of quaternary nitrogens is 1. The Bertz CT molecular complexity index is 871.